The van der Waals surface area contributed by atoms with Gasteiger partial charge in [-0.15, -0.1) is 0 Å². The number of hydrogen-bond acceptors (Lipinski definition) is 5. The van der Waals surface area contributed by atoms with Crippen molar-refractivity contribution in [2.45, 2.75) is 26.4 Å². The van der Waals surface area contributed by atoms with Crippen LogP contribution in [0.4, 0.5) is 0 Å². The zero-order valence-corrected chi connectivity index (χ0v) is 24.1. The van der Waals surface area contributed by atoms with Gasteiger partial charge in [0.15, 0.2) is 11.5 Å². The summed E-state index contributed by atoms with van der Waals surface area (Å²) in [4.78, 5) is 17.9. The van der Waals surface area contributed by atoms with E-state index in [-0.39, 0.29) is 12.2 Å². The molecule has 36 heavy (non-hydrogen) atoms. The summed E-state index contributed by atoms with van der Waals surface area (Å²) >= 11 is 19.2. The number of ether oxygens (including phenoxy) is 2. The van der Waals surface area contributed by atoms with Gasteiger partial charge in [0, 0.05) is 36.5 Å². The monoisotopic (exact) mass is 651 g/mol. The molecule has 0 aliphatic rings. The Hall–Kier alpha value is -2.39. The Labute approximate surface area is 235 Å². The molecule has 0 fully saturated rings. The molecule has 186 valence electrons. The number of fused-ring (bicyclic) bond motifs is 1. The van der Waals surface area contributed by atoms with Crippen molar-refractivity contribution < 1.29 is 9.47 Å². The van der Waals surface area contributed by atoms with E-state index in [1.54, 1.807) is 43.7 Å². The molecule has 1 heterocycles. The molecule has 0 bridgehead atoms. The Balaban J connectivity index is 1.67. The minimum atomic E-state index is -0.233. The summed E-state index contributed by atoms with van der Waals surface area (Å²) in [5.74, 6) is 1.62. The van der Waals surface area contributed by atoms with Gasteiger partial charge in [-0.05, 0) is 64.8 Å². The third-order valence-corrected chi connectivity index (χ3v) is 7.11. The second kappa shape index (κ2) is 11.8. The van der Waals surface area contributed by atoms with Crippen LogP contribution in [-0.4, -0.2) is 23.0 Å². The Morgan fingerprint density at radius 2 is 1.89 bits per heavy atom. The average molecular weight is 654 g/mol. The summed E-state index contributed by atoms with van der Waals surface area (Å²) in [6, 6.07) is 14.3. The van der Waals surface area contributed by atoms with Crippen LogP contribution in [-0.2, 0) is 13.0 Å². The van der Waals surface area contributed by atoms with Crippen LogP contribution in [0.1, 0.15) is 30.3 Å². The molecule has 0 saturated heterocycles. The molecule has 1 aromatic heterocycles. The molecule has 0 N–H and O–H groups in total. The fourth-order valence-electron chi connectivity index (χ4n) is 3.54. The van der Waals surface area contributed by atoms with E-state index in [9.17, 15) is 4.79 Å². The second-order valence-corrected chi connectivity index (χ2v) is 10.5. The quantitative estimate of drug-likeness (QED) is 0.183. The Bertz CT molecular complexity index is 1520. The highest BCUT2D eigenvalue weighted by Crippen LogP contribution is 2.34. The van der Waals surface area contributed by atoms with Gasteiger partial charge in [-0.3, -0.25) is 4.79 Å². The van der Waals surface area contributed by atoms with Crippen LogP contribution in [0.3, 0.4) is 0 Å². The van der Waals surface area contributed by atoms with Gasteiger partial charge in [0.1, 0.15) is 12.4 Å². The van der Waals surface area contributed by atoms with Crippen LogP contribution in [0.2, 0.25) is 10.0 Å². The SMILES string of the molecule is CCCc1nc2ccc(Br)cc2c(=O)n1N=Cc1cc(OC)c(OCc2ccc(Cl)cc2Cl)cc1Br. The van der Waals surface area contributed by atoms with E-state index < -0.39 is 0 Å². The number of hydrogen-bond donors (Lipinski definition) is 0. The second-order valence-electron chi connectivity index (χ2n) is 7.85. The maximum Gasteiger partial charge on any atom is 0.282 e. The third-order valence-electron chi connectivity index (χ3n) is 5.34. The summed E-state index contributed by atoms with van der Waals surface area (Å²) in [6.07, 6.45) is 3.03. The molecule has 6 nitrogen and oxygen atoms in total. The summed E-state index contributed by atoms with van der Waals surface area (Å²) < 4.78 is 14.4. The number of methoxy groups -OCH3 is 1. The first-order valence-corrected chi connectivity index (χ1v) is 13.3. The lowest BCUT2D eigenvalue weighted by atomic mass is 10.2. The first kappa shape index (κ1) is 26.7. The molecule has 0 unspecified atom stereocenters. The zero-order valence-electron chi connectivity index (χ0n) is 19.4. The topological polar surface area (TPSA) is 65.7 Å². The zero-order chi connectivity index (χ0) is 25.8. The number of rotatable bonds is 8. The van der Waals surface area contributed by atoms with E-state index in [2.05, 4.69) is 41.9 Å². The number of nitrogens with zero attached hydrogens (tertiary/aromatic N) is 3. The predicted molar refractivity (Wildman–Crippen MR) is 152 cm³/mol. The van der Waals surface area contributed by atoms with E-state index in [4.69, 9.17) is 32.7 Å². The lowest BCUT2D eigenvalue weighted by Gasteiger charge is -2.14. The molecule has 0 spiro atoms. The standard InChI is InChI=1S/C26H21Br2Cl2N3O3/c1-3-4-25-32-22-8-6-17(27)10-19(22)26(34)33(25)31-13-16-9-23(35-2)24(12-20(16)28)36-14-15-5-7-18(29)11-21(15)30/h5-13H,3-4,14H2,1-2H3. The van der Waals surface area contributed by atoms with Gasteiger partial charge in [0.25, 0.3) is 5.56 Å². The molecule has 0 aliphatic heterocycles. The normalized spacial score (nSPS) is 11.4. The van der Waals surface area contributed by atoms with E-state index in [1.165, 1.54) is 4.68 Å². The molecule has 4 rings (SSSR count). The average Bonchev–Trinajstić information content (AvgIpc) is 2.85. The van der Waals surface area contributed by atoms with Gasteiger partial charge in [0.2, 0.25) is 0 Å². The van der Waals surface area contributed by atoms with E-state index in [1.807, 2.05) is 25.1 Å². The molecule has 4 aromatic rings. The van der Waals surface area contributed by atoms with Gasteiger partial charge in [0.05, 0.1) is 24.2 Å². The van der Waals surface area contributed by atoms with Crippen molar-refractivity contribution >= 4 is 72.2 Å². The van der Waals surface area contributed by atoms with Crippen molar-refractivity contribution in [3.8, 4) is 11.5 Å². The van der Waals surface area contributed by atoms with Gasteiger partial charge < -0.3 is 9.47 Å². The molecule has 3 aromatic carbocycles. The van der Waals surface area contributed by atoms with Gasteiger partial charge >= 0.3 is 0 Å². The van der Waals surface area contributed by atoms with Gasteiger partial charge in [-0.1, -0.05) is 52.1 Å². The van der Waals surface area contributed by atoms with E-state index >= 15 is 0 Å². The molecule has 0 aliphatic carbocycles. The maximum absolute atomic E-state index is 13.2. The number of aryl methyl sites for hydroxylation is 1. The lowest BCUT2D eigenvalue weighted by Crippen LogP contribution is -2.22. The van der Waals surface area contributed by atoms with Crippen LogP contribution in [0.5, 0.6) is 11.5 Å². The van der Waals surface area contributed by atoms with Crippen molar-refractivity contribution in [3.63, 3.8) is 0 Å². The molecular weight excluding hydrogens is 633 g/mol. The third kappa shape index (κ3) is 5.94. The predicted octanol–water partition coefficient (Wildman–Crippen LogP) is 7.65. The van der Waals surface area contributed by atoms with Crippen molar-refractivity contribution in [1.82, 2.24) is 9.66 Å². The Kier molecular flexibility index (Phi) is 8.72. The van der Waals surface area contributed by atoms with Gasteiger partial charge in [-0.2, -0.15) is 9.78 Å². The fraction of sp³-hybridized carbons (Fsp3) is 0.192. The van der Waals surface area contributed by atoms with Crippen LogP contribution in [0.25, 0.3) is 10.9 Å². The molecule has 10 heteroatoms. The highest BCUT2D eigenvalue weighted by Gasteiger charge is 2.13. The van der Waals surface area contributed by atoms with Crippen LogP contribution in [0.15, 0.2) is 67.4 Å². The first-order valence-electron chi connectivity index (χ1n) is 11.0. The minimum Gasteiger partial charge on any atom is -0.493 e. The number of benzene rings is 3. The van der Waals surface area contributed by atoms with Crippen LogP contribution < -0.4 is 15.0 Å². The Morgan fingerprint density at radius 3 is 2.61 bits per heavy atom. The highest BCUT2D eigenvalue weighted by molar-refractivity contribution is 9.10. The molecule has 0 saturated carbocycles. The van der Waals surface area contributed by atoms with Gasteiger partial charge in [-0.25, -0.2) is 4.98 Å². The van der Waals surface area contributed by atoms with Crippen molar-refractivity contribution in [2.75, 3.05) is 7.11 Å². The fourth-order valence-corrected chi connectivity index (χ4v) is 4.78. The summed E-state index contributed by atoms with van der Waals surface area (Å²) in [7, 11) is 1.56. The largest absolute Gasteiger partial charge is 0.493 e. The smallest absolute Gasteiger partial charge is 0.282 e. The van der Waals surface area contributed by atoms with Crippen LogP contribution >= 0.6 is 55.1 Å². The maximum atomic E-state index is 13.2. The Morgan fingerprint density at radius 1 is 1.08 bits per heavy atom. The highest BCUT2D eigenvalue weighted by atomic mass is 79.9. The minimum absolute atomic E-state index is 0.233. The summed E-state index contributed by atoms with van der Waals surface area (Å²) in [5.41, 5.74) is 1.91. The van der Waals surface area contributed by atoms with E-state index in [0.717, 1.165) is 16.5 Å². The van der Waals surface area contributed by atoms with Crippen molar-refractivity contribution in [3.05, 3.63) is 94.8 Å². The van der Waals surface area contributed by atoms with Crippen molar-refractivity contribution in [2.24, 2.45) is 5.10 Å². The molecule has 0 atom stereocenters. The summed E-state index contributed by atoms with van der Waals surface area (Å²) in [5, 5.41) is 6.07. The number of halogens is 4. The molecule has 0 amide bonds. The van der Waals surface area contributed by atoms with Crippen molar-refractivity contribution in [1.29, 1.82) is 0 Å². The lowest BCUT2D eigenvalue weighted by molar-refractivity contribution is 0.284. The number of aromatic nitrogens is 2. The first-order chi connectivity index (χ1) is 17.3. The molecular formula is C26H21Br2Cl2N3O3. The van der Waals surface area contributed by atoms with E-state index in [0.29, 0.717) is 54.7 Å². The summed E-state index contributed by atoms with van der Waals surface area (Å²) in [6.45, 7) is 2.27. The van der Waals surface area contributed by atoms with Crippen LogP contribution in [0, 0.1) is 0 Å². The molecule has 0 radical (unpaired) electrons.